The van der Waals surface area contributed by atoms with Gasteiger partial charge in [-0.05, 0) is 18.6 Å². The number of aromatic nitrogens is 3. The summed E-state index contributed by atoms with van der Waals surface area (Å²) in [6.45, 7) is -2.48. The van der Waals surface area contributed by atoms with Crippen LogP contribution in [0.2, 0.25) is 0 Å². The SMILES string of the molecule is COC(=O)C1CCc2nnc(-c3cccc(OC(F)F)c3)n2C1. The lowest BCUT2D eigenvalue weighted by Crippen LogP contribution is -2.28. The number of esters is 1. The molecule has 122 valence electrons. The van der Waals surface area contributed by atoms with Gasteiger partial charge in [0, 0.05) is 18.5 Å². The van der Waals surface area contributed by atoms with Crippen molar-refractivity contribution in [1.82, 2.24) is 14.8 Å². The van der Waals surface area contributed by atoms with E-state index in [2.05, 4.69) is 14.9 Å². The zero-order chi connectivity index (χ0) is 16.4. The predicted molar refractivity (Wildman–Crippen MR) is 75.9 cm³/mol. The molecular formula is C15H15F2N3O3. The molecule has 0 fully saturated rings. The lowest BCUT2D eigenvalue weighted by atomic mass is 9.99. The molecule has 1 atom stereocenters. The second-order valence-corrected chi connectivity index (χ2v) is 5.22. The van der Waals surface area contributed by atoms with E-state index in [0.717, 1.165) is 5.82 Å². The number of benzene rings is 1. The highest BCUT2D eigenvalue weighted by molar-refractivity contribution is 5.72. The van der Waals surface area contributed by atoms with Crippen molar-refractivity contribution in [2.75, 3.05) is 7.11 Å². The minimum atomic E-state index is -2.89. The van der Waals surface area contributed by atoms with E-state index in [1.165, 1.54) is 19.2 Å². The number of rotatable bonds is 4. The Labute approximate surface area is 131 Å². The van der Waals surface area contributed by atoms with Crippen molar-refractivity contribution in [3.05, 3.63) is 30.1 Å². The summed E-state index contributed by atoms with van der Waals surface area (Å²) in [6.07, 6.45) is 1.26. The molecule has 0 radical (unpaired) electrons. The number of methoxy groups -OCH3 is 1. The summed E-state index contributed by atoms with van der Waals surface area (Å²) < 4.78 is 35.7. The van der Waals surface area contributed by atoms with Gasteiger partial charge >= 0.3 is 12.6 Å². The zero-order valence-electron chi connectivity index (χ0n) is 12.4. The first-order valence-corrected chi connectivity index (χ1v) is 7.13. The lowest BCUT2D eigenvalue weighted by Gasteiger charge is -2.22. The summed E-state index contributed by atoms with van der Waals surface area (Å²) in [5, 5.41) is 8.24. The molecule has 1 unspecified atom stereocenters. The number of aryl methyl sites for hydroxylation is 1. The molecule has 2 aromatic rings. The van der Waals surface area contributed by atoms with Gasteiger partial charge < -0.3 is 14.0 Å². The smallest absolute Gasteiger partial charge is 0.387 e. The Morgan fingerprint density at radius 1 is 1.39 bits per heavy atom. The standard InChI is InChI=1S/C15H15F2N3O3/c1-22-14(21)10-5-6-12-18-19-13(20(12)8-10)9-3-2-4-11(7-9)23-15(16)17/h2-4,7,10,15H,5-6,8H2,1H3. The molecule has 0 bridgehead atoms. The second-order valence-electron chi connectivity index (χ2n) is 5.22. The van der Waals surface area contributed by atoms with Crippen LogP contribution < -0.4 is 4.74 Å². The molecule has 1 aromatic heterocycles. The summed E-state index contributed by atoms with van der Waals surface area (Å²) in [4.78, 5) is 11.7. The average molecular weight is 323 g/mol. The molecule has 0 aliphatic carbocycles. The number of hydrogen-bond donors (Lipinski definition) is 0. The molecule has 0 N–H and O–H groups in total. The Morgan fingerprint density at radius 2 is 2.22 bits per heavy atom. The molecule has 1 aliphatic heterocycles. The van der Waals surface area contributed by atoms with Crippen molar-refractivity contribution in [2.24, 2.45) is 5.92 Å². The van der Waals surface area contributed by atoms with E-state index in [1.54, 1.807) is 12.1 Å². The normalized spacial score (nSPS) is 17.0. The first kappa shape index (κ1) is 15.4. The third-order valence-corrected chi connectivity index (χ3v) is 3.80. The quantitative estimate of drug-likeness (QED) is 0.808. The van der Waals surface area contributed by atoms with Gasteiger partial charge in [0.1, 0.15) is 11.6 Å². The molecule has 0 saturated carbocycles. The van der Waals surface area contributed by atoms with E-state index in [4.69, 9.17) is 4.74 Å². The predicted octanol–water partition coefficient (Wildman–Crippen LogP) is 2.28. The molecule has 6 nitrogen and oxygen atoms in total. The maximum Gasteiger partial charge on any atom is 0.387 e. The van der Waals surface area contributed by atoms with E-state index >= 15 is 0 Å². The highest BCUT2D eigenvalue weighted by Gasteiger charge is 2.28. The highest BCUT2D eigenvalue weighted by atomic mass is 19.3. The first-order valence-electron chi connectivity index (χ1n) is 7.13. The minimum absolute atomic E-state index is 0.0511. The fourth-order valence-corrected chi connectivity index (χ4v) is 2.71. The molecule has 0 saturated heterocycles. The third kappa shape index (κ3) is 3.15. The van der Waals surface area contributed by atoms with Crippen molar-refractivity contribution in [1.29, 1.82) is 0 Å². The molecule has 0 amide bonds. The number of halogens is 2. The molecule has 1 aromatic carbocycles. The molecule has 1 aliphatic rings. The summed E-state index contributed by atoms with van der Waals surface area (Å²) in [7, 11) is 1.36. The number of hydrogen-bond acceptors (Lipinski definition) is 5. The van der Waals surface area contributed by atoms with Gasteiger partial charge in [0.05, 0.1) is 13.0 Å². The van der Waals surface area contributed by atoms with Crippen molar-refractivity contribution in [2.45, 2.75) is 26.0 Å². The Bertz CT molecular complexity index is 718. The van der Waals surface area contributed by atoms with Gasteiger partial charge in [-0.15, -0.1) is 10.2 Å². The van der Waals surface area contributed by atoms with Crippen LogP contribution in [-0.2, 0) is 22.5 Å². The van der Waals surface area contributed by atoms with Gasteiger partial charge in [-0.25, -0.2) is 0 Å². The summed E-state index contributed by atoms with van der Waals surface area (Å²) in [5.41, 5.74) is 0.604. The van der Waals surface area contributed by atoms with Crippen LogP contribution >= 0.6 is 0 Å². The third-order valence-electron chi connectivity index (χ3n) is 3.80. The summed E-state index contributed by atoms with van der Waals surface area (Å²) in [5.74, 6) is 0.802. The van der Waals surface area contributed by atoms with E-state index in [9.17, 15) is 13.6 Å². The van der Waals surface area contributed by atoms with Crippen molar-refractivity contribution >= 4 is 5.97 Å². The number of fused-ring (bicyclic) bond motifs is 1. The van der Waals surface area contributed by atoms with Crippen LogP contribution in [0.3, 0.4) is 0 Å². The largest absolute Gasteiger partial charge is 0.469 e. The molecule has 0 spiro atoms. The topological polar surface area (TPSA) is 66.2 Å². The number of carbonyl (C=O) groups excluding carboxylic acids is 1. The Hall–Kier alpha value is -2.51. The number of nitrogens with zero attached hydrogens (tertiary/aromatic N) is 3. The van der Waals surface area contributed by atoms with Gasteiger partial charge in [-0.3, -0.25) is 4.79 Å². The Balaban J connectivity index is 1.91. The molecule has 2 heterocycles. The van der Waals surface area contributed by atoms with Crippen LogP contribution in [0.5, 0.6) is 5.75 Å². The first-order chi connectivity index (χ1) is 11.1. The lowest BCUT2D eigenvalue weighted by molar-refractivity contribution is -0.146. The van der Waals surface area contributed by atoms with E-state index in [-0.39, 0.29) is 17.6 Å². The molecular weight excluding hydrogens is 308 g/mol. The number of carbonyl (C=O) groups is 1. The summed E-state index contributed by atoms with van der Waals surface area (Å²) >= 11 is 0. The van der Waals surface area contributed by atoms with Crippen LogP contribution in [0.4, 0.5) is 8.78 Å². The maximum absolute atomic E-state index is 12.3. The summed E-state index contributed by atoms with van der Waals surface area (Å²) in [6, 6.07) is 6.26. The molecule has 8 heteroatoms. The van der Waals surface area contributed by atoms with Gasteiger partial charge in [0.2, 0.25) is 0 Å². The van der Waals surface area contributed by atoms with Crippen LogP contribution in [0, 0.1) is 5.92 Å². The number of ether oxygens (including phenoxy) is 2. The Kier molecular flexibility index (Phi) is 4.22. The van der Waals surface area contributed by atoms with Crippen LogP contribution in [0.25, 0.3) is 11.4 Å². The van der Waals surface area contributed by atoms with Gasteiger partial charge in [0.15, 0.2) is 5.82 Å². The zero-order valence-corrected chi connectivity index (χ0v) is 12.4. The van der Waals surface area contributed by atoms with Gasteiger partial charge in [-0.1, -0.05) is 12.1 Å². The van der Waals surface area contributed by atoms with Crippen LogP contribution in [-0.4, -0.2) is 34.5 Å². The van der Waals surface area contributed by atoms with E-state index in [1.807, 2.05) is 4.57 Å². The minimum Gasteiger partial charge on any atom is -0.469 e. The number of alkyl halides is 2. The van der Waals surface area contributed by atoms with Gasteiger partial charge in [-0.2, -0.15) is 8.78 Å². The Morgan fingerprint density at radius 3 is 2.96 bits per heavy atom. The van der Waals surface area contributed by atoms with Crippen LogP contribution in [0.1, 0.15) is 12.2 Å². The second kappa shape index (κ2) is 6.31. The molecule has 23 heavy (non-hydrogen) atoms. The fourth-order valence-electron chi connectivity index (χ4n) is 2.71. The van der Waals surface area contributed by atoms with Crippen molar-refractivity contribution in [3.8, 4) is 17.1 Å². The van der Waals surface area contributed by atoms with Crippen LogP contribution in [0.15, 0.2) is 24.3 Å². The van der Waals surface area contributed by atoms with Gasteiger partial charge in [0.25, 0.3) is 0 Å². The maximum atomic E-state index is 12.3. The monoisotopic (exact) mass is 323 g/mol. The fraction of sp³-hybridized carbons (Fsp3) is 0.400. The van der Waals surface area contributed by atoms with Crippen molar-refractivity contribution in [3.63, 3.8) is 0 Å². The molecule has 3 rings (SSSR count). The van der Waals surface area contributed by atoms with E-state index < -0.39 is 6.61 Å². The van der Waals surface area contributed by atoms with E-state index in [0.29, 0.717) is 30.8 Å². The highest BCUT2D eigenvalue weighted by Crippen LogP contribution is 2.28. The van der Waals surface area contributed by atoms with Crippen molar-refractivity contribution < 1.29 is 23.0 Å². The average Bonchev–Trinajstić information content (AvgIpc) is 2.96.